The summed E-state index contributed by atoms with van der Waals surface area (Å²) in [6.45, 7) is 5.84. The van der Waals surface area contributed by atoms with Gasteiger partial charge in [0.25, 0.3) is 0 Å². The van der Waals surface area contributed by atoms with Crippen molar-refractivity contribution < 1.29 is 38.7 Å². The number of carbonyl (C=O) groups excluding carboxylic acids is 1. The molecule has 5 heteroatoms. The van der Waals surface area contributed by atoms with Crippen molar-refractivity contribution >= 4 is 9.87 Å². The normalized spacial score (nSPS) is 23.1. The van der Waals surface area contributed by atoms with Crippen molar-refractivity contribution in [3.8, 4) is 0 Å². The summed E-state index contributed by atoms with van der Waals surface area (Å²) >= 11 is 1.27. The zero-order chi connectivity index (χ0) is 15.1. The number of esters is 1. The average molecular weight is 450 g/mol. The molecule has 0 aromatic carbocycles. The van der Waals surface area contributed by atoms with Crippen LogP contribution in [0.1, 0.15) is 32.6 Å². The van der Waals surface area contributed by atoms with Gasteiger partial charge in [-0.1, -0.05) is 0 Å². The monoisotopic (exact) mass is 450 g/mol. The summed E-state index contributed by atoms with van der Waals surface area (Å²) in [5.74, 6) is -0.0736. The van der Waals surface area contributed by atoms with E-state index >= 15 is 0 Å². The summed E-state index contributed by atoms with van der Waals surface area (Å²) in [7, 11) is 1.59. The SMILES string of the molecule is C=C(C=C1CCCCC(C(O)C(=O)OCC)[C]1=[W])OC. The fourth-order valence-corrected chi connectivity index (χ4v) is 3.73. The quantitative estimate of drug-likeness (QED) is 0.395. The third kappa shape index (κ3) is 4.67. The molecule has 2 atom stereocenters. The molecule has 1 aliphatic rings. The van der Waals surface area contributed by atoms with Gasteiger partial charge in [0.1, 0.15) is 0 Å². The van der Waals surface area contributed by atoms with Crippen LogP contribution in [0, 0.1) is 5.92 Å². The van der Waals surface area contributed by atoms with Gasteiger partial charge in [-0.05, 0) is 0 Å². The van der Waals surface area contributed by atoms with Crippen LogP contribution < -0.4 is 0 Å². The molecule has 0 spiro atoms. The van der Waals surface area contributed by atoms with E-state index in [1.165, 1.54) is 19.4 Å². The molecule has 0 amide bonds. The maximum atomic E-state index is 11.7. The Kier molecular flexibility index (Phi) is 7.39. The van der Waals surface area contributed by atoms with Gasteiger partial charge in [0.2, 0.25) is 0 Å². The molecule has 20 heavy (non-hydrogen) atoms. The summed E-state index contributed by atoms with van der Waals surface area (Å²) in [5.41, 5.74) is 1.14. The van der Waals surface area contributed by atoms with Crippen LogP contribution in [0.4, 0.5) is 0 Å². The number of hydrogen-bond donors (Lipinski definition) is 1. The minimum absolute atomic E-state index is 0.151. The Morgan fingerprint density at radius 2 is 2.30 bits per heavy atom. The van der Waals surface area contributed by atoms with E-state index in [0.717, 1.165) is 35.2 Å². The van der Waals surface area contributed by atoms with Gasteiger partial charge in [0, 0.05) is 0 Å². The Bertz CT molecular complexity index is 414. The molecule has 0 aromatic rings. The van der Waals surface area contributed by atoms with Gasteiger partial charge in [0.05, 0.1) is 0 Å². The molecule has 1 N–H and O–H groups in total. The Morgan fingerprint density at radius 3 is 2.90 bits per heavy atom. The summed E-state index contributed by atoms with van der Waals surface area (Å²) in [6.07, 6.45) is 4.64. The third-order valence-electron chi connectivity index (χ3n) is 3.37. The fraction of sp³-hybridized carbons (Fsp3) is 0.600. The van der Waals surface area contributed by atoms with Crippen LogP contribution in [0.2, 0.25) is 0 Å². The van der Waals surface area contributed by atoms with Crippen molar-refractivity contribution in [1.29, 1.82) is 0 Å². The Labute approximate surface area is 131 Å². The number of aliphatic hydroxyl groups is 1. The number of allylic oxidation sites excluding steroid dienone is 2. The molecular formula is C15H22O4W. The maximum absolute atomic E-state index is 11.7. The average Bonchev–Trinajstić information content (AvgIpc) is 2.61. The van der Waals surface area contributed by atoms with E-state index in [2.05, 4.69) is 6.58 Å². The first kappa shape index (κ1) is 17.3. The fourth-order valence-electron chi connectivity index (χ4n) is 2.26. The third-order valence-corrected chi connectivity index (χ3v) is 5.40. The Balaban J connectivity index is 2.90. The molecule has 0 aliphatic heterocycles. The molecule has 0 radical (unpaired) electrons. The van der Waals surface area contributed by atoms with Crippen LogP contribution in [0.25, 0.3) is 0 Å². The van der Waals surface area contributed by atoms with Crippen molar-refractivity contribution in [2.45, 2.75) is 38.7 Å². The van der Waals surface area contributed by atoms with Crippen molar-refractivity contribution in [3.63, 3.8) is 0 Å². The van der Waals surface area contributed by atoms with E-state index in [1.54, 1.807) is 14.0 Å². The van der Waals surface area contributed by atoms with Crippen LogP contribution in [0.3, 0.4) is 0 Å². The number of carbonyl (C=O) groups is 1. The molecule has 4 nitrogen and oxygen atoms in total. The number of hydrogen-bond acceptors (Lipinski definition) is 4. The van der Waals surface area contributed by atoms with E-state index < -0.39 is 12.1 Å². The number of rotatable bonds is 5. The summed E-state index contributed by atoms with van der Waals surface area (Å²) in [5, 5.41) is 10.2. The van der Waals surface area contributed by atoms with E-state index in [0.29, 0.717) is 5.76 Å². The topological polar surface area (TPSA) is 55.8 Å². The molecular weight excluding hydrogens is 428 g/mol. The minimum atomic E-state index is -1.07. The Hall–Kier alpha value is -0.732. The van der Waals surface area contributed by atoms with Gasteiger partial charge in [-0.2, -0.15) is 0 Å². The number of aliphatic hydroxyl groups excluding tert-OH is 1. The van der Waals surface area contributed by atoms with Gasteiger partial charge in [-0.3, -0.25) is 0 Å². The van der Waals surface area contributed by atoms with Gasteiger partial charge >= 0.3 is 131 Å². The molecule has 0 bridgehead atoms. The van der Waals surface area contributed by atoms with Gasteiger partial charge in [-0.25, -0.2) is 0 Å². The first-order valence-electron chi connectivity index (χ1n) is 6.83. The van der Waals surface area contributed by atoms with Crippen molar-refractivity contribution in [2.75, 3.05) is 13.7 Å². The molecule has 112 valence electrons. The summed E-state index contributed by atoms with van der Waals surface area (Å²) in [6, 6.07) is 0. The van der Waals surface area contributed by atoms with Crippen molar-refractivity contribution in [3.05, 3.63) is 24.0 Å². The van der Waals surface area contributed by atoms with Crippen LogP contribution in [-0.2, 0) is 33.6 Å². The summed E-state index contributed by atoms with van der Waals surface area (Å²) < 4.78 is 11.1. The van der Waals surface area contributed by atoms with Crippen LogP contribution in [0.5, 0.6) is 0 Å². The molecule has 1 rings (SSSR count). The van der Waals surface area contributed by atoms with Crippen LogP contribution in [-0.4, -0.2) is 34.8 Å². The molecule has 1 aliphatic carbocycles. The second-order valence-electron chi connectivity index (χ2n) is 4.75. The van der Waals surface area contributed by atoms with E-state index in [-0.39, 0.29) is 12.5 Å². The standard InChI is InChI=1S/C15H22O4.W/c1-4-19-15(17)14(16)13-8-6-5-7-12(10-13)9-11(2)18-3;/h9,13-14,16H,2,4-8H2,1,3H3;. The second-order valence-corrected chi connectivity index (χ2v) is 6.33. The number of methoxy groups -OCH3 is 1. The second kappa shape index (κ2) is 8.53. The van der Waals surface area contributed by atoms with Gasteiger partial charge in [0.15, 0.2) is 0 Å². The van der Waals surface area contributed by atoms with E-state index in [1.807, 2.05) is 6.08 Å². The molecule has 1 saturated carbocycles. The van der Waals surface area contributed by atoms with Gasteiger partial charge < -0.3 is 0 Å². The molecule has 2 unspecified atom stereocenters. The van der Waals surface area contributed by atoms with E-state index in [9.17, 15) is 9.90 Å². The van der Waals surface area contributed by atoms with Crippen molar-refractivity contribution in [1.82, 2.24) is 0 Å². The van der Waals surface area contributed by atoms with Crippen molar-refractivity contribution in [2.24, 2.45) is 5.92 Å². The predicted molar refractivity (Wildman–Crippen MR) is 73.8 cm³/mol. The molecule has 0 aromatic heterocycles. The molecule has 0 saturated heterocycles. The zero-order valence-electron chi connectivity index (χ0n) is 12.1. The molecule has 0 heterocycles. The Morgan fingerprint density at radius 1 is 1.60 bits per heavy atom. The predicted octanol–water partition coefficient (Wildman–Crippen LogP) is 1.91. The van der Waals surface area contributed by atoms with Crippen LogP contribution in [0.15, 0.2) is 24.0 Å². The summed E-state index contributed by atoms with van der Waals surface area (Å²) in [4.78, 5) is 11.7. The van der Waals surface area contributed by atoms with Crippen LogP contribution >= 0.6 is 0 Å². The van der Waals surface area contributed by atoms with Gasteiger partial charge in [-0.15, -0.1) is 0 Å². The first-order chi connectivity index (χ1) is 9.51. The number of ether oxygens (including phenoxy) is 2. The molecule has 1 fully saturated rings. The van der Waals surface area contributed by atoms with E-state index in [4.69, 9.17) is 9.47 Å². The zero-order valence-corrected chi connectivity index (χ0v) is 15.0. The first-order valence-corrected chi connectivity index (χ1v) is 8.30.